The number of thioether (sulfide) groups is 1. The molecule has 1 aromatic carbocycles. The van der Waals surface area contributed by atoms with E-state index in [1.54, 1.807) is 25.1 Å². The molecule has 0 bridgehead atoms. The molecular formula is C16H17Cl2NO4S. The number of nitrogens with one attached hydrogen (secondary N) is 1. The Kier molecular flexibility index (Phi) is 7.15. The molecule has 130 valence electrons. The number of carbonyl (C=O) groups is 1. The van der Waals surface area contributed by atoms with Crippen LogP contribution in [0, 0.1) is 0 Å². The van der Waals surface area contributed by atoms with Gasteiger partial charge in [0, 0.05) is 17.5 Å². The first-order valence-electron chi connectivity index (χ1n) is 7.11. The second-order valence-corrected chi connectivity index (χ2v) is 6.82. The highest BCUT2D eigenvalue weighted by Crippen LogP contribution is 2.32. The van der Waals surface area contributed by atoms with Crippen molar-refractivity contribution in [2.75, 3.05) is 31.4 Å². The van der Waals surface area contributed by atoms with Gasteiger partial charge in [-0.05, 0) is 25.1 Å². The van der Waals surface area contributed by atoms with Crippen LogP contribution in [0.4, 0.5) is 5.69 Å². The fraction of sp³-hybridized carbons (Fsp3) is 0.312. The summed E-state index contributed by atoms with van der Waals surface area (Å²) in [5, 5.41) is 2.83. The van der Waals surface area contributed by atoms with E-state index < -0.39 is 0 Å². The number of ether oxygens (including phenoxy) is 3. The highest BCUT2D eigenvalue weighted by atomic mass is 35.5. The zero-order valence-corrected chi connectivity index (χ0v) is 15.6. The molecule has 0 fully saturated rings. The first kappa shape index (κ1) is 18.8. The maximum Gasteiger partial charge on any atom is 0.265 e. The van der Waals surface area contributed by atoms with E-state index in [0.29, 0.717) is 34.5 Å². The molecule has 24 heavy (non-hydrogen) atoms. The van der Waals surface area contributed by atoms with Crippen LogP contribution in [0.1, 0.15) is 6.92 Å². The second kappa shape index (κ2) is 9.11. The number of anilines is 1. The quantitative estimate of drug-likeness (QED) is 0.784. The molecule has 2 rings (SSSR count). The van der Waals surface area contributed by atoms with Gasteiger partial charge in [-0.3, -0.25) is 4.79 Å². The van der Waals surface area contributed by atoms with Gasteiger partial charge in [0.25, 0.3) is 5.91 Å². The van der Waals surface area contributed by atoms with Crippen LogP contribution in [-0.4, -0.2) is 32.0 Å². The molecule has 0 aromatic heterocycles. The van der Waals surface area contributed by atoms with E-state index >= 15 is 0 Å². The minimum Gasteiger partial charge on any atom is -0.496 e. The fourth-order valence-corrected chi connectivity index (χ4v) is 2.92. The average Bonchev–Trinajstić information content (AvgIpc) is 2.55. The maximum absolute atomic E-state index is 12.4. The predicted molar refractivity (Wildman–Crippen MR) is 98.0 cm³/mol. The van der Waals surface area contributed by atoms with Gasteiger partial charge in [0.2, 0.25) is 0 Å². The average molecular weight is 390 g/mol. The zero-order valence-electron chi connectivity index (χ0n) is 13.2. The van der Waals surface area contributed by atoms with Gasteiger partial charge in [0.05, 0.1) is 13.7 Å². The number of methoxy groups -OCH3 is 1. The third-order valence-corrected chi connectivity index (χ3v) is 4.51. The van der Waals surface area contributed by atoms with Crippen molar-refractivity contribution in [3.05, 3.63) is 39.4 Å². The van der Waals surface area contributed by atoms with Crippen molar-refractivity contribution in [1.29, 1.82) is 0 Å². The Labute approximate surface area is 154 Å². The molecule has 8 heteroatoms. The maximum atomic E-state index is 12.4. The first-order valence-corrected chi connectivity index (χ1v) is 8.85. The van der Waals surface area contributed by atoms with Crippen molar-refractivity contribution < 1.29 is 19.0 Å². The van der Waals surface area contributed by atoms with E-state index in [1.807, 2.05) is 0 Å². The van der Waals surface area contributed by atoms with Gasteiger partial charge in [-0.1, -0.05) is 23.2 Å². The lowest BCUT2D eigenvalue weighted by Crippen LogP contribution is -2.18. The monoisotopic (exact) mass is 389 g/mol. The summed E-state index contributed by atoms with van der Waals surface area (Å²) in [6.45, 7) is 2.58. The van der Waals surface area contributed by atoms with E-state index in [2.05, 4.69) is 5.32 Å². The molecule has 1 N–H and O–H groups in total. The number of rotatable bonds is 6. The molecule has 0 saturated carbocycles. The second-order valence-electron chi connectivity index (χ2n) is 4.71. The summed E-state index contributed by atoms with van der Waals surface area (Å²) < 4.78 is 16.3. The van der Waals surface area contributed by atoms with Gasteiger partial charge >= 0.3 is 0 Å². The Morgan fingerprint density at radius 1 is 1.42 bits per heavy atom. The van der Waals surface area contributed by atoms with Crippen molar-refractivity contribution >= 4 is 46.6 Å². The van der Waals surface area contributed by atoms with Gasteiger partial charge in [-0.2, -0.15) is 0 Å². The van der Waals surface area contributed by atoms with E-state index in [4.69, 9.17) is 37.4 Å². The summed E-state index contributed by atoms with van der Waals surface area (Å²) in [6.07, 6.45) is 1.51. The highest BCUT2D eigenvalue weighted by Gasteiger charge is 2.19. The lowest BCUT2D eigenvalue weighted by Gasteiger charge is -2.18. The molecule has 1 aliphatic rings. The van der Waals surface area contributed by atoms with Gasteiger partial charge in [0.15, 0.2) is 11.5 Å². The third-order valence-electron chi connectivity index (χ3n) is 3.07. The molecule has 0 atom stereocenters. The van der Waals surface area contributed by atoms with Crippen LogP contribution in [0.3, 0.4) is 0 Å². The highest BCUT2D eigenvalue weighted by molar-refractivity contribution is 8.04. The summed E-state index contributed by atoms with van der Waals surface area (Å²) in [4.78, 5) is 12.9. The van der Waals surface area contributed by atoms with Crippen molar-refractivity contribution in [2.24, 2.45) is 0 Å². The van der Waals surface area contributed by atoms with E-state index in [1.165, 1.54) is 24.9 Å². The lowest BCUT2D eigenvalue weighted by molar-refractivity contribution is -0.112. The summed E-state index contributed by atoms with van der Waals surface area (Å²) >= 11 is 12.6. The van der Waals surface area contributed by atoms with Gasteiger partial charge in [0.1, 0.15) is 21.8 Å². The molecule has 0 unspecified atom stereocenters. The summed E-state index contributed by atoms with van der Waals surface area (Å²) in [6, 6.07) is 5.12. The molecule has 0 spiro atoms. The lowest BCUT2D eigenvalue weighted by atomic mass is 10.2. The first-order chi connectivity index (χ1) is 11.5. The van der Waals surface area contributed by atoms with Crippen molar-refractivity contribution in [1.82, 2.24) is 0 Å². The molecule has 1 aliphatic heterocycles. The SMILES string of the molecule is COc1ccc(NC(=O)C2=C(C)OCCS2)cc1OCC=C(Cl)Cl. The molecule has 0 radical (unpaired) electrons. The van der Waals surface area contributed by atoms with Crippen LogP contribution in [0.5, 0.6) is 11.5 Å². The number of hydrogen-bond donors (Lipinski definition) is 1. The third kappa shape index (κ3) is 5.26. The van der Waals surface area contributed by atoms with Gasteiger partial charge < -0.3 is 19.5 Å². The Balaban J connectivity index is 2.13. The van der Waals surface area contributed by atoms with Crippen LogP contribution in [0.2, 0.25) is 0 Å². The number of allylic oxidation sites excluding steroid dienone is 1. The van der Waals surface area contributed by atoms with Crippen molar-refractivity contribution in [3.63, 3.8) is 0 Å². The van der Waals surface area contributed by atoms with Crippen LogP contribution >= 0.6 is 35.0 Å². The fourth-order valence-electron chi connectivity index (χ4n) is 1.98. The summed E-state index contributed by atoms with van der Waals surface area (Å²) in [5.74, 6) is 2.19. The van der Waals surface area contributed by atoms with Gasteiger partial charge in [-0.15, -0.1) is 11.8 Å². The molecule has 0 aliphatic carbocycles. The van der Waals surface area contributed by atoms with E-state index in [-0.39, 0.29) is 17.0 Å². The predicted octanol–water partition coefficient (Wildman–Crippen LogP) is 4.33. The number of halogens is 2. The van der Waals surface area contributed by atoms with Crippen LogP contribution in [-0.2, 0) is 9.53 Å². The normalized spacial score (nSPS) is 13.8. The largest absolute Gasteiger partial charge is 0.496 e. The molecular weight excluding hydrogens is 373 g/mol. The van der Waals surface area contributed by atoms with Crippen molar-refractivity contribution in [3.8, 4) is 11.5 Å². The summed E-state index contributed by atoms with van der Waals surface area (Å²) in [5.41, 5.74) is 0.586. The Hall–Kier alpha value is -1.50. The number of benzene rings is 1. The molecule has 0 saturated heterocycles. The van der Waals surface area contributed by atoms with E-state index in [9.17, 15) is 4.79 Å². The molecule has 1 amide bonds. The Bertz CT molecular complexity index is 672. The molecule has 1 heterocycles. The van der Waals surface area contributed by atoms with Gasteiger partial charge in [-0.25, -0.2) is 0 Å². The minimum atomic E-state index is -0.211. The standard InChI is InChI=1S/C16H17Cl2NO4S/c1-10-15(24-8-7-22-10)16(20)19-11-3-4-12(21-2)13(9-11)23-6-5-14(17)18/h3-5,9H,6-8H2,1-2H3,(H,19,20). The smallest absolute Gasteiger partial charge is 0.265 e. The number of carbonyl (C=O) groups excluding carboxylic acids is 1. The molecule has 5 nitrogen and oxygen atoms in total. The number of amides is 1. The summed E-state index contributed by atoms with van der Waals surface area (Å²) in [7, 11) is 1.54. The van der Waals surface area contributed by atoms with Crippen molar-refractivity contribution in [2.45, 2.75) is 6.92 Å². The van der Waals surface area contributed by atoms with Crippen LogP contribution in [0.25, 0.3) is 0 Å². The number of hydrogen-bond acceptors (Lipinski definition) is 5. The Morgan fingerprint density at radius 3 is 2.88 bits per heavy atom. The van der Waals surface area contributed by atoms with Crippen LogP contribution < -0.4 is 14.8 Å². The molecule has 1 aromatic rings. The van der Waals surface area contributed by atoms with Crippen LogP contribution in [0.15, 0.2) is 39.4 Å². The zero-order chi connectivity index (χ0) is 17.5. The Morgan fingerprint density at radius 2 is 2.21 bits per heavy atom. The van der Waals surface area contributed by atoms with E-state index in [0.717, 1.165) is 5.75 Å². The topological polar surface area (TPSA) is 56.8 Å². The minimum absolute atomic E-state index is 0.121.